The maximum absolute atomic E-state index is 13.0. The summed E-state index contributed by atoms with van der Waals surface area (Å²) in [6, 6.07) is 8.95. The number of rotatable bonds is 11. The van der Waals surface area contributed by atoms with Gasteiger partial charge in [0.1, 0.15) is 17.5 Å². The van der Waals surface area contributed by atoms with Crippen LogP contribution in [-0.4, -0.2) is 61.8 Å². The van der Waals surface area contributed by atoms with E-state index in [9.17, 15) is 22.8 Å². The van der Waals surface area contributed by atoms with E-state index in [1.807, 2.05) is 20.8 Å². The van der Waals surface area contributed by atoms with Crippen molar-refractivity contribution >= 4 is 24.0 Å². The largest absolute Gasteiger partial charge is 0.573 e. The molecule has 0 spiro atoms. The first-order valence-corrected chi connectivity index (χ1v) is 11.4. The number of aliphatic hydroxyl groups is 1. The van der Waals surface area contributed by atoms with Crippen LogP contribution in [0.5, 0.6) is 11.5 Å². The van der Waals surface area contributed by atoms with Crippen molar-refractivity contribution in [2.45, 2.75) is 38.8 Å². The number of halogens is 3. The van der Waals surface area contributed by atoms with Gasteiger partial charge in [-0.1, -0.05) is 24.3 Å². The molecule has 0 saturated carbocycles. The van der Waals surface area contributed by atoms with Crippen molar-refractivity contribution in [1.29, 1.82) is 0 Å². The van der Waals surface area contributed by atoms with Gasteiger partial charge in [0.05, 0.1) is 25.9 Å². The first-order valence-electron chi connectivity index (χ1n) is 11.4. The number of hydrogen-bond donors (Lipinski definition) is 3. The molecule has 2 rings (SSSR count). The van der Waals surface area contributed by atoms with Crippen LogP contribution in [0, 0.1) is 0 Å². The Labute approximate surface area is 213 Å². The van der Waals surface area contributed by atoms with Crippen LogP contribution in [0.3, 0.4) is 0 Å². The molecule has 0 saturated heterocycles. The molecule has 2 aromatic carbocycles. The third kappa shape index (κ3) is 10.5. The lowest BCUT2D eigenvalue weighted by atomic mass is 10.1. The normalized spacial score (nSPS) is 12.8. The summed E-state index contributed by atoms with van der Waals surface area (Å²) in [5.74, 6) is -0.919. The molecule has 0 bridgehead atoms. The van der Waals surface area contributed by atoms with Crippen LogP contribution in [0.1, 0.15) is 42.3 Å². The van der Waals surface area contributed by atoms with E-state index in [0.29, 0.717) is 16.9 Å². The number of benzene rings is 2. The predicted molar refractivity (Wildman–Crippen MR) is 132 cm³/mol. The fourth-order valence-corrected chi connectivity index (χ4v) is 3.03. The first-order chi connectivity index (χ1) is 17.3. The molecule has 0 radical (unpaired) electrons. The Balaban J connectivity index is 2.21. The second kappa shape index (κ2) is 13.1. The van der Waals surface area contributed by atoms with Gasteiger partial charge in [-0.15, -0.1) is 13.2 Å². The summed E-state index contributed by atoms with van der Waals surface area (Å²) in [5.41, 5.74) is 0.810. The molecule has 8 nitrogen and oxygen atoms in total. The van der Waals surface area contributed by atoms with Gasteiger partial charge in [-0.05, 0) is 56.7 Å². The van der Waals surface area contributed by atoms with Crippen LogP contribution >= 0.6 is 0 Å². The minimum atomic E-state index is -4.77. The lowest BCUT2D eigenvalue weighted by Crippen LogP contribution is -2.50. The Kier molecular flexibility index (Phi) is 10.5. The van der Waals surface area contributed by atoms with E-state index in [2.05, 4.69) is 15.4 Å². The van der Waals surface area contributed by atoms with Gasteiger partial charge >= 0.3 is 6.36 Å². The number of aliphatic hydroxyl groups excluding tert-OH is 1. The highest BCUT2D eigenvalue weighted by atomic mass is 19.4. The third-order valence-corrected chi connectivity index (χ3v) is 4.78. The van der Waals surface area contributed by atoms with Crippen LogP contribution in [0.25, 0.3) is 12.2 Å². The number of nitrogens with one attached hydrogen (secondary N) is 2. The molecule has 2 amide bonds. The molecule has 0 unspecified atom stereocenters. The Morgan fingerprint density at radius 3 is 2.30 bits per heavy atom. The van der Waals surface area contributed by atoms with Crippen molar-refractivity contribution in [3.63, 3.8) is 0 Å². The quantitative estimate of drug-likeness (QED) is 0.387. The maximum Gasteiger partial charge on any atom is 0.573 e. The number of ether oxygens (including phenoxy) is 3. The number of methoxy groups -OCH3 is 1. The molecule has 0 aliphatic rings. The van der Waals surface area contributed by atoms with Crippen molar-refractivity contribution < 1.29 is 42.1 Å². The number of carbonyl (C=O) groups excluding carboxylic acids is 2. The number of amides is 2. The Morgan fingerprint density at radius 1 is 1.05 bits per heavy atom. The van der Waals surface area contributed by atoms with Crippen molar-refractivity contribution in [2.24, 2.45) is 0 Å². The second-order valence-electron chi connectivity index (χ2n) is 8.87. The van der Waals surface area contributed by atoms with Crippen molar-refractivity contribution in [3.8, 4) is 11.5 Å². The van der Waals surface area contributed by atoms with Crippen molar-refractivity contribution in [1.82, 2.24) is 10.6 Å². The Bertz CT molecular complexity index is 1080. The average molecular weight is 525 g/mol. The van der Waals surface area contributed by atoms with Gasteiger partial charge in [-0.25, -0.2) is 0 Å². The lowest BCUT2D eigenvalue weighted by molar-refractivity contribution is -0.274. The second-order valence-corrected chi connectivity index (χ2v) is 8.87. The van der Waals surface area contributed by atoms with Crippen LogP contribution in [0.2, 0.25) is 0 Å². The van der Waals surface area contributed by atoms with Crippen molar-refractivity contribution in [2.75, 3.05) is 26.9 Å². The average Bonchev–Trinajstić information content (AvgIpc) is 2.82. The molecule has 0 aromatic heterocycles. The van der Waals surface area contributed by atoms with E-state index in [4.69, 9.17) is 14.6 Å². The molecule has 0 aliphatic heterocycles. The van der Waals surface area contributed by atoms with Crippen LogP contribution < -0.4 is 20.1 Å². The third-order valence-electron chi connectivity index (χ3n) is 4.78. The maximum atomic E-state index is 13.0. The molecule has 202 valence electrons. The zero-order valence-electron chi connectivity index (χ0n) is 21.0. The topological polar surface area (TPSA) is 106 Å². The highest BCUT2D eigenvalue weighted by Crippen LogP contribution is 2.25. The van der Waals surface area contributed by atoms with Crippen LogP contribution in [0.15, 0.2) is 42.5 Å². The fraction of sp³-hybridized carbons (Fsp3) is 0.385. The highest BCUT2D eigenvalue weighted by Gasteiger charge is 2.31. The highest BCUT2D eigenvalue weighted by molar-refractivity contribution is 5.98. The molecule has 0 fully saturated rings. The number of alkyl halides is 3. The van der Waals surface area contributed by atoms with Gasteiger partial charge in [-0.2, -0.15) is 0 Å². The van der Waals surface area contributed by atoms with Crippen LogP contribution in [-0.2, 0) is 9.53 Å². The summed E-state index contributed by atoms with van der Waals surface area (Å²) >= 11 is 0. The smallest absolute Gasteiger partial charge is 0.496 e. The van der Waals surface area contributed by atoms with E-state index in [1.165, 1.54) is 37.4 Å². The summed E-state index contributed by atoms with van der Waals surface area (Å²) in [7, 11) is 1.46. The van der Waals surface area contributed by atoms with Gasteiger partial charge in [0.25, 0.3) is 5.91 Å². The van der Waals surface area contributed by atoms with E-state index in [-0.39, 0.29) is 31.1 Å². The minimum absolute atomic E-state index is 0.0293. The summed E-state index contributed by atoms with van der Waals surface area (Å²) in [6.07, 6.45) is -1.49. The molecule has 11 heteroatoms. The van der Waals surface area contributed by atoms with Gasteiger partial charge < -0.3 is 30.0 Å². The molecule has 0 heterocycles. The number of hydrogen-bond acceptors (Lipinski definition) is 6. The monoisotopic (exact) mass is 524 g/mol. The lowest BCUT2D eigenvalue weighted by Gasteiger charge is -2.24. The molecule has 0 aliphatic carbocycles. The summed E-state index contributed by atoms with van der Waals surface area (Å²) < 4.78 is 51.9. The summed E-state index contributed by atoms with van der Waals surface area (Å²) in [6.45, 7) is 5.15. The van der Waals surface area contributed by atoms with E-state index >= 15 is 0 Å². The molecule has 1 atom stereocenters. The van der Waals surface area contributed by atoms with Crippen molar-refractivity contribution in [3.05, 3.63) is 59.2 Å². The molecule has 2 aromatic rings. The summed E-state index contributed by atoms with van der Waals surface area (Å²) in [4.78, 5) is 25.5. The Hall–Kier alpha value is -3.57. The Morgan fingerprint density at radius 2 is 1.73 bits per heavy atom. The fourth-order valence-electron chi connectivity index (χ4n) is 3.03. The molecule has 37 heavy (non-hydrogen) atoms. The van der Waals surface area contributed by atoms with Crippen LogP contribution in [0.4, 0.5) is 13.2 Å². The predicted octanol–water partition coefficient (Wildman–Crippen LogP) is 3.79. The molecule has 3 N–H and O–H groups in total. The number of carbonyl (C=O) groups is 2. The van der Waals surface area contributed by atoms with Gasteiger partial charge in [0, 0.05) is 17.7 Å². The minimum Gasteiger partial charge on any atom is -0.496 e. The standard InChI is InChI=1S/C26H31F3N2O6/c1-25(2,3)36-16-21(24(34)30-13-14-32)31-23(33)19-9-12-22(35-4)18(15-19)8-5-17-6-10-20(11-7-17)37-26(27,28)29/h5-12,15,21,32H,13-14,16H2,1-4H3,(H,30,34)(H,31,33)/b8-5+/t21-/m0/s1. The molecular formula is C26H31F3N2O6. The van der Waals surface area contributed by atoms with E-state index in [0.717, 1.165) is 0 Å². The van der Waals surface area contributed by atoms with E-state index < -0.39 is 29.8 Å². The molecular weight excluding hydrogens is 493 g/mol. The van der Waals surface area contributed by atoms with Gasteiger partial charge in [0.15, 0.2) is 0 Å². The van der Waals surface area contributed by atoms with Gasteiger partial charge in [0.2, 0.25) is 5.91 Å². The summed E-state index contributed by atoms with van der Waals surface area (Å²) in [5, 5.41) is 14.2. The zero-order chi connectivity index (χ0) is 27.6. The van der Waals surface area contributed by atoms with E-state index in [1.54, 1.807) is 24.3 Å². The SMILES string of the molecule is COc1ccc(C(=O)N[C@@H](COC(C)(C)C)C(=O)NCCO)cc1/C=C/c1ccc(OC(F)(F)F)cc1. The zero-order valence-corrected chi connectivity index (χ0v) is 21.0. The first kappa shape index (κ1) is 29.7. The van der Waals surface area contributed by atoms with Gasteiger partial charge in [-0.3, -0.25) is 9.59 Å².